The molecule has 1 aromatic rings. The second-order valence-electron chi connectivity index (χ2n) is 2.90. The monoisotopic (exact) mass is 260 g/mol. The van der Waals surface area contributed by atoms with E-state index < -0.39 is 0 Å². The van der Waals surface area contributed by atoms with Gasteiger partial charge in [-0.15, -0.1) is 0 Å². The summed E-state index contributed by atoms with van der Waals surface area (Å²) < 4.78 is 7.50. The molecule has 0 aliphatic carbocycles. The highest BCUT2D eigenvalue weighted by atomic mass is 79.9. The lowest BCUT2D eigenvalue weighted by molar-refractivity contribution is 0.0929. The fourth-order valence-corrected chi connectivity index (χ4v) is 1.63. The van der Waals surface area contributed by atoms with Gasteiger partial charge >= 0.3 is 0 Å². The van der Waals surface area contributed by atoms with Crippen molar-refractivity contribution in [2.75, 3.05) is 20.3 Å². The number of hydrogen-bond acceptors (Lipinski definition) is 2. The lowest BCUT2D eigenvalue weighted by atomic mass is 10.4. The molecular formula is C9H13BrN2O2. The molecule has 0 aliphatic rings. The predicted octanol–water partition coefficient (Wildman–Crippen LogP) is 1.16. The number of carbonyl (C=O) groups is 1. The Morgan fingerprint density at radius 3 is 2.93 bits per heavy atom. The maximum Gasteiger partial charge on any atom is 0.268 e. The molecule has 0 fully saturated rings. The highest BCUT2D eigenvalue weighted by Crippen LogP contribution is 2.13. The summed E-state index contributed by atoms with van der Waals surface area (Å²) in [5.41, 5.74) is 0.632. The van der Waals surface area contributed by atoms with Crippen LogP contribution in [0.15, 0.2) is 16.7 Å². The first-order chi connectivity index (χ1) is 6.65. The van der Waals surface area contributed by atoms with Gasteiger partial charge in [-0.2, -0.15) is 0 Å². The third kappa shape index (κ3) is 2.85. The average Bonchev–Trinajstić information content (AvgIpc) is 2.45. The van der Waals surface area contributed by atoms with Crippen molar-refractivity contribution < 1.29 is 9.53 Å². The van der Waals surface area contributed by atoms with E-state index >= 15 is 0 Å². The molecular weight excluding hydrogens is 248 g/mol. The van der Waals surface area contributed by atoms with Crippen molar-refractivity contribution in [2.45, 2.75) is 0 Å². The molecule has 0 spiro atoms. The topological polar surface area (TPSA) is 43.3 Å². The molecule has 0 saturated heterocycles. The Morgan fingerprint density at radius 2 is 2.43 bits per heavy atom. The Labute approximate surface area is 91.4 Å². The SMILES string of the molecule is COCCNC(=O)c1cc(Br)cn1C. The fourth-order valence-electron chi connectivity index (χ4n) is 1.11. The Bertz CT molecular complexity index is 323. The van der Waals surface area contributed by atoms with Crippen molar-refractivity contribution in [3.05, 3.63) is 22.4 Å². The van der Waals surface area contributed by atoms with E-state index in [1.807, 2.05) is 13.2 Å². The molecule has 1 aromatic heterocycles. The molecule has 0 atom stereocenters. The van der Waals surface area contributed by atoms with Crippen LogP contribution in [0.1, 0.15) is 10.5 Å². The standard InChI is InChI=1S/C9H13BrN2O2/c1-12-6-7(10)5-8(12)9(13)11-3-4-14-2/h5-6H,3-4H2,1-2H3,(H,11,13). The molecule has 78 valence electrons. The number of halogens is 1. The molecule has 0 aliphatic heterocycles. The van der Waals surface area contributed by atoms with Gasteiger partial charge in [-0.1, -0.05) is 0 Å². The normalized spacial score (nSPS) is 10.2. The highest BCUT2D eigenvalue weighted by molar-refractivity contribution is 9.10. The Hall–Kier alpha value is -0.810. The van der Waals surface area contributed by atoms with Gasteiger partial charge in [-0.05, 0) is 22.0 Å². The molecule has 5 heteroatoms. The summed E-state index contributed by atoms with van der Waals surface area (Å²) in [7, 11) is 3.43. The number of nitrogens with one attached hydrogen (secondary N) is 1. The molecule has 4 nitrogen and oxygen atoms in total. The number of carbonyl (C=O) groups excluding carboxylic acids is 1. The second-order valence-corrected chi connectivity index (χ2v) is 3.82. The van der Waals surface area contributed by atoms with Crippen molar-refractivity contribution in [3.63, 3.8) is 0 Å². The maximum atomic E-state index is 11.5. The van der Waals surface area contributed by atoms with Crippen LogP contribution in [0.5, 0.6) is 0 Å². The van der Waals surface area contributed by atoms with E-state index in [-0.39, 0.29) is 5.91 Å². The second kappa shape index (κ2) is 5.17. The molecule has 1 heterocycles. The predicted molar refractivity (Wildman–Crippen MR) is 57.3 cm³/mol. The summed E-state index contributed by atoms with van der Waals surface area (Å²) in [6.07, 6.45) is 1.84. The third-order valence-corrected chi connectivity index (χ3v) is 2.23. The quantitative estimate of drug-likeness (QED) is 0.826. The zero-order chi connectivity index (χ0) is 10.6. The number of hydrogen-bond donors (Lipinski definition) is 1. The van der Waals surface area contributed by atoms with Crippen molar-refractivity contribution in [1.29, 1.82) is 0 Å². The summed E-state index contributed by atoms with van der Waals surface area (Å²) in [4.78, 5) is 11.5. The summed E-state index contributed by atoms with van der Waals surface area (Å²) in [6.45, 7) is 1.05. The van der Waals surface area contributed by atoms with Crippen LogP contribution >= 0.6 is 15.9 Å². The number of aromatic nitrogens is 1. The summed E-state index contributed by atoms with van der Waals surface area (Å²) >= 11 is 3.31. The van der Waals surface area contributed by atoms with E-state index in [1.165, 1.54) is 0 Å². The molecule has 0 radical (unpaired) electrons. The minimum Gasteiger partial charge on any atom is -0.383 e. The van der Waals surface area contributed by atoms with Crippen LogP contribution in [-0.4, -0.2) is 30.7 Å². The van der Waals surface area contributed by atoms with Crippen LogP contribution in [-0.2, 0) is 11.8 Å². The Morgan fingerprint density at radius 1 is 1.71 bits per heavy atom. The van der Waals surface area contributed by atoms with E-state index in [1.54, 1.807) is 17.7 Å². The first-order valence-electron chi connectivity index (χ1n) is 4.24. The molecule has 1 rings (SSSR count). The zero-order valence-corrected chi connectivity index (χ0v) is 9.80. The van der Waals surface area contributed by atoms with Crippen molar-refractivity contribution >= 4 is 21.8 Å². The molecule has 0 unspecified atom stereocenters. The first-order valence-corrected chi connectivity index (χ1v) is 5.03. The molecule has 1 amide bonds. The zero-order valence-electron chi connectivity index (χ0n) is 8.21. The number of nitrogens with zero attached hydrogens (tertiary/aromatic N) is 1. The van der Waals surface area contributed by atoms with Gasteiger partial charge in [0.05, 0.1) is 6.61 Å². The maximum absolute atomic E-state index is 11.5. The smallest absolute Gasteiger partial charge is 0.268 e. The average molecular weight is 261 g/mol. The van der Waals surface area contributed by atoms with Crippen LogP contribution in [0.25, 0.3) is 0 Å². The van der Waals surface area contributed by atoms with Crippen molar-refractivity contribution in [1.82, 2.24) is 9.88 Å². The number of methoxy groups -OCH3 is 1. The van der Waals surface area contributed by atoms with E-state index in [4.69, 9.17) is 4.74 Å². The van der Waals surface area contributed by atoms with Gasteiger partial charge in [-0.25, -0.2) is 0 Å². The largest absolute Gasteiger partial charge is 0.383 e. The fraction of sp³-hybridized carbons (Fsp3) is 0.444. The van der Waals surface area contributed by atoms with Crippen molar-refractivity contribution in [2.24, 2.45) is 7.05 Å². The van der Waals surface area contributed by atoms with Crippen LogP contribution in [0, 0.1) is 0 Å². The van der Waals surface area contributed by atoms with Gasteiger partial charge in [-0.3, -0.25) is 4.79 Å². The van der Waals surface area contributed by atoms with Crippen molar-refractivity contribution in [3.8, 4) is 0 Å². The molecule has 0 aromatic carbocycles. The Balaban J connectivity index is 2.56. The van der Waals surface area contributed by atoms with Gasteiger partial charge in [0.25, 0.3) is 5.91 Å². The number of ether oxygens (including phenoxy) is 1. The van der Waals surface area contributed by atoms with Crippen LogP contribution in [0.2, 0.25) is 0 Å². The molecule has 0 saturated carbocycles. The van der Waals surface area contributed by atoms with E-state index in [0.717, 1.165) is 4.47 Å². The third-order valence-electron chi connectivity index (χ3n) is 1.80. The first kappa shape index (κ1) is 11.3. The van der Waals surface area contributed by atoms with E-state index in [0.29, 0.717) is 18.8 Å². The molecule has 0 bridgehead atoms. The van der Waals surface area contributed by atoms with Gasteiger partial charge in [0.1, 0.15) is 5.69 Å². The lowest BCUT2D eigenvalue weighted by Gasteiger charge is -2.04. The van der Waals surface area contributed by atoms with Gasteiger partial charge < -0.3 is 14.6 Å². The van der Waals surface area contributed by atoms with E-state index in [9.17, 15) is 4.79 Å². The number of rotatable bonds is 4. The van der Waals surface area contributed by atoms with Crippen LogP contribution in [0.4, 0.5) is 0 Å². The van der Waals surface area contributed by atoms with E-state index in [2.05, 4.69) is 21.2 Å². The lowest BCUT2D eigenvalue weighted by Crippen LogP contribution is -2.28. The summed E-state index contributed by atoms with van der Waals surface area (Å²) in [6, 6.07) is 1.78. The number of aryl methyl sites for hydroxylation is 1. The summed E-state index contributed by atoms with van der Waals surface area (Å²) in [5.74, 6) is -0.0877. The minimum atomic E-state index is -0.0877. The minimum absolute atomic E-state index is 0.0877. The molecule has 1 N–H and O–H groups in total. The van der Waals surface area contributed by atoms with Crippen LogP contribution < -0.4 is 5.32 Å². The van der Waals surface area contributed by atoms with Crippen LogP contribution in [0.3, 0.4) is 0 Å². The highest BCUT2D eigenvalue weighted by Gasteiger charge is 2.09. The Kier molecular flexibility index (Phi) is 4.16. The number of amides is 1. The van der Waals surface area contributed by atoms with Gasteiger partial charge in [0.2, 0.25) is 0 Å². The molecule has 14 heavy (non-hydrogen) atoms. The van der Waals surface area contributed by atoms with Gasteiger partial charge in [0, 0.05) is 31.4 Å². The van der Waals surface area contributed by atoms with Gasteiger partial charge in [0.15, 0.2) is 0 Å². The summed E-state index contributed by atoms with van der Waals surface area (Å²) in [5, 5.41) is 2.75.